The summed E-state index contributed by atoms with van der Waals surface area (Å²) in [6.07, 6.45) is -0.203. The SMILES string of the molecule is O=C([O-])C[C@H](COc1ccc(Br)cc1)NOCc1ccccc1.[Li+]. The molecule has 0 saturated carbocycles. The summed E-state index contributed by atoms with van der Waals surface area (Å²) in [5.41, 5.74) is 3.71. The molecule has 2 rings (SSSR count). The molecule has 1 N–H and O–H groups in total. The van der Waals surface area contributed by atoms with E-state index in [0.29, 0.717) is 12.4 Å². The summed E-state index contributed by atoms with van der Waals surface area (Å²) in [6.45, 7) is 0.493. The van der Waals surface area contributed by atoms with Crippen LogP contribution in [0.2, 0.25) is 0 Å². The Hall–Kier alpha value is -1.29. The number of aliphatic carboxylic acids is 1. The van der Waals surface area contributed by atoms with Gasteiger partial charge in [-0.3, -0.25) is 4.84 Å². The van der Waals surface area contributed by atoms with Crippen LogP contribution in [0.5, 0.6) is 5.75 Å². The van der Waals surface area contributed by atoms with Crippen LogP contribution in [0.3, 0.4) is 0 Å². The molecule has 1 atom stereocenters. The van der Waals surface area contributed by atoms with Crippen LogP contribution in [0, 0.1) is 0 Å². The van der Waals surface area contributed by atoms with Crippen molar-refractivity contribution >= 4 is 21.9 Å². The van der Waals surface area contributed by atoms with Crippen LogP contribution in [-0.4, -0.2) is 18.6 Å². The first-order valence-electron chi connectivity index (χ1n) is 7.13. The number of halogens is 1. The zero-order valence-corrected chi connectivity index (χ0v) is 15.0. The second-order valence-corrected chi connectivity index (χ2v) is 5.85. The fourth-order valence-electron chi connectivity index (χ4n) is 1.88. The summed E-state index contributed by atoms with van der Waals surface area (Å²) in [5, 5.41) is 10.8. The van der Waals surface area contributed by atoms with Crippen LogP contribution >= 0.6 is 15.9 Å². The molecule has 0 aliphatic carbocycles. The van der Waals surface area contributed by atoms with Gasteiger partial charge in [-0.05, 0) is 29.8 Å². The van der Waals surface area contributed by atoms with E-state index in [1.54, 1.807) is 12.1 Å². The van der Waals surface area contributed by atoms with E-state index in [9.17, 15) is 9.90 Å². The number of carbonyl (C=O) groups excluding carboxylic acids is 1. The van der Waals surface area contributed by atoms with E-state index in [4.69, 9.17) is 9.57 Å². The fourth-order valence-corrected chi connectivity index (χ4v) is 2.14. The van der Waals surface area contributed by atoms with E-state index in [2.05, 4.69) is 21.4 Å². The van der Waals surface area contributed by atoms with Crippen molar-refractivity contribution in [1.82, 2.24) is 5.48 Å². The van der Waals surface area contributed by atoms with Crippen LogP contribution in [0.4, 0.5) is 0 Å². The molecular formula is C17H17BrLiNO4. The topological polar surface area (TPSA) is 70.6 Å². The van der Waals surface area contributed by atoms with E-state index in [1.807, 2.05) is 42.5 Å². The van der Waals surface area contributed by atoms with Gasteiger partial charge in [-0.2, -0.15) is 5.48 Å². The quantitative estimate of drug-likeness (QED) is 0.445. The standard InChI is InChI=1S/C17H18BrNO4.Li/c18-14-6-8-16(9-7-14)22-12-15(10-17(20)21)19-23-11-13-4-2-1-3-5-13;/h1-9,15,19H,10-12H2,(H,20,21);/q;+1/p-1/t15-;/m1./s1. The first kappa shape index (κ1) is 20.8. The average Bonchev–Trinajstić information content (AvgIpc) is 2.54. The predicted molar refractivity (Wildman–Crippen MR) is 87.4 cm³/mol. The van der Waals surface area contributed by atoms with Gasteiger partial charge in [0.2, 0.25) is 0 Å². The van der Waals surface area contributed by atoms with Gasteiger partial charge in [-0.25, -0.2) is 0 Å². The summed E-state index contributed by atoms with van der Waals surface area (Å²) in [6, 6.07) is 16.4. The molecule has 0 radical (unpaired) electrons. The van der Waals surface area contributed by atoms with Crippen LogP contribution in [-0.2, 0) is 16.2 Å². The predicted octanol–water partition coefficient (Wildman–Crippen LogP) is -0.938. The molecule has 0 aliphatic rings. The van der Waals surface area contributed by atoms with Gasteiger partial charge in [0.1, 0.15) is 12.4 Å². The number of carbonyl (C=O) groups is 1. The molecule has 7 heteroatoms. The van der Waals surface area contributed by atoms with Gasteiger partial charge in [0.05, 0.1) is 12.6 Å². The normalized spacial score (nSPS) is 11.4. The maximum Gasteiger partial charge on any atom is 1.00 e. The van der Waals surface area contributed by atoms with Gasteiger partial charge in [0, 0.05) is 16.9 Å². The summed E-state index contributed by atoms with van der Waals surface area (Å²) in [4.78, 5) is 16.2. The van der Waals surface area contributed by atoms with Crippen molar-refractivity contribution in [2.75, 3.05) is 6.61 Å². The molecule has 0 saturated heterocycles. The van der Waals surface area contributed by atoms with Crippen molar-refractivity contribution in [1.29, 1.82) is 0 Å². The molecule has 0 unspecified atom stereocenters. The van der Waals surface area contributed by atoms with Gasteiger partial charge in [-0.1, -0.05) is 46.3 Å². The van der Waals surface area contributed by atoms with Gasteiger partial charge < -0.3 is 14.6 Å². The number of ether oxygens (including phenoxy) is 1. The molecule has 5 nitrogen and oxygen atoms in total. The Labute approximate surface area is 161 Å². The number of nitrogens with one attached hydrogen (secondary N) is 1. The van der Waals surface area contributed by atoms with E-state index >= 15 is 0 Å². The molecular weight excluding hydrogens is 369 g/mol. The zero-order chi connectivity index (χ0) is 16.5. The van der Waals surface area contributed by atoms with E-state index in [1.165, 1.54) is 0 Å². The molecule has 0 aromatic heterocycles. The first-order chi connectivity index (χ1) is 11.1. The van der Waals surface area contributed by atoms with Crippen molar-refractivity contribution in [3.05, 3.63) is 64.6 Å². The zero-order valence-electron chi connectivity index (χ0n) is 13.4. The minimum atomic E-state index is -1.16. The Bertz CT molecular complexity index is 610. The van der Waals surface area contributed by atoms with Crippen LogP contribution < -0.4 is 34.2 Å². The number of rotatable bonds is 9. The molecule has 2 aromatic carbocycles. The summed E-state index contributed by atoms with van der Waals surface area (Å²) < 4.78 is 6.52. The number of hydrogen-bond donors (Lipinski definition) is 1. The Morgan fingerprint density at radius 1 is 1.12 bits per heavy atom. The molecule has 0 aliphatic heterocycles. The maximum absolute atomic E-state index is 10.8. The second-order valence-electron chi connectivity index (χ2n) is 4.93. The Kier molecular flexibility index (Phi) is 9.77. The Morgan fingerprint density at radius 3 is 2.42 bits per heavy atom. The number of benzene rings is 2. The minimum absolute atomic E-state index is 0. The monoisotopic (exact) mass is 385 g/mol. The smallest absolute Gasteiger partial charge is 0.550 e. The van der Waals surface area contributed by atoms with Gasteiger partial charge in [-0.15, -0.1) is 0 Å². The van der Waals surface area contributed by atoms with E-state index in [-0.39, 0.29) is 31.9 Å². The minimum Gasteiger partial charge on any atom is -0.550 e. The second kappa shape index (κ2) is 11.3. The molecule has 0 fully saturated rings. The van der Waals surface area contributed by atoms with Crippen molar-refractivity contribution in [3.8, 4) is 5.75 Å². The Balaban J connectivity index is 0.00000288. The third kappa shape index (κ3) is 8.00. The van der Waals surface area contributed by atoms with Crippen molar-refractivity contribution < 1.29 is 38.3 Å². The van der Waals surface area contributed by atoms with Crippen molar-refractivity contribution in [2.45, 2.75) is 19.1 Å². The fraction of sp³-hybridized carbons (Fsp3) is 0.235. The molecule has 2 aromatic rings. The first-order valence-corrected chi connectivity index (χ1v) is 7.92. The van der Waals surface area contributed by atoms with Crippen LogP contribution in [0.1, 0.15) is 12.0 Å². The summed E-state index contributed by atoms with van der Waals surface area (Å²) in [5.74, 6) is -0.508. The van der Waals surface area contributed by atoms with E-state index in [0.717, 1.165) is 10.0 Å². The number of hydroxylamine groups is 1. The van der Waals surface area contributed by atoms with Gasteiger partial charge in [0.25, 0.3) is 0 Å². The molecule has 0 amide bonds. The van der Waals surface area contributed by atoms with Gasteiger partial charge >= 0.3 is 18.9 Å². The molecule has 122 valence electrons. The van der Waals surface area contributed by atoms with Crippen molar-refractivity contribution in [2.24, 2.45) is 0 Å². The maximum atomic E-state index is 10.8. The van der Waals surface area contributed by atoms with Crippen LogP contribution in [0.15, 0.2) is 59.1 Å². The molecule has 0 heterocycles. The molecule has 24 heavy (non-hydrogen) atoms. The van der Waals surface area contributed by atoms with Gasteiger partial charge in [0.15, 0.2) is 0 Å². The van der Waals surface area contributed by atoms with E-state index < -0.39 is 12.0 Å². The molecule has 0 spiro atoms. The van der Waals surface area contributed by atoms with Crippen LogP contribution in [0.25, 0.3) is 0 Å². The largest absolute Gasteiger partial charge is 1.00 e. The summed E-state index contributed by atoms with van der Waals surface area (Å²) >= 11 is 3.34. The summed E-state index contributed by atoms with van der Waals surface area (Å²) in [7, 11) is 0. The van der Waals surface area contributed by atoms with Crippen molar-refractivity contribution in [3.63, 3.8) is 0 Å². The Morgan fingerprint density at radius 2 is 1.79 bits per heavy atom. The average molecular weight is 386 g/mol. The number of carboxylic acids is 1. The number of carboxylic acid groups (broad SMARTS) is 1. The third-order valence-electron chi connectivity index (χ3n) is 3.01. The third-order valence-corrected chi connectivity index (χ3v) is 3.54. The molecule has 0 bridgehead atoms. The number of hydrogen-bond acceptors (Lipinski definition) is 5.